The minimum atomic E-state index is -0.433. The number of hydrogen-bond acceptors (Lipinski definition) is 3. The Morgan fingerprint density at radius 2 is 2.29 bits per heavy atom. The van der Waals surface area contributed by atoms with E-state index >= 15 is 0 Å². The van der Waals surface area contributed by atoms with Crippen molar-refractivity contribution in [1.29, 1.82) is 0 Å². The van der Waals surface area contributed by atoms with Crippen LogP contribution in [0.15, 0.2) is 0 Å². The van der Waals surface area contributed by atoms with Gasteiger partial charge in [0.2, 0.25) is 5.91 Å². The van der Waals surface area contributed by atoms with Crippen LogP contribution >= 0.6 is 12.2 Å². The second-order valence-electron chi connectivity index (χ2n) is 3.85. The normalized spacial score (nSPS) is 28.9. The molecule has 0 aromatic carbocycles. The van der Waals surface area contributed by atoms with E-state index in [1.165, 1.54) is 0 Å². The topological polar surface area (TPSA) is 66.6 Å². The van der Waals surface area contributed by atoms with Crippen molar-refractivity contribution in [2.45, 2.75) is 32.4 Å². The lowest BCUT2D eigenvalue weighted by Crippen LogP contribution is -2.41. The molecule has 0 spiro atoms. The maximum atomic E-state index is 11.8. The molecule has 3 atom stereocenters. The number of amides is 1. The Morgan fingerprint density at radius 3 is 2.64 bits per heavy atom. The third-order valence-electron chi connectivity index (χ3n) is 2.63. The van der Waals surface area contributed by atoms with E-state index in [0.717, 1.165) is 0 Å². The van der Waals surface area contributed by atoms with E-state index in [2.05, 4.69) is 0 Å². The fourth-order valence-corrected chi connectivity index (χ4v) is 1.78. The molecular formula is C9H16N2O2S. The van der Waals surface area contributed by atoms with E-state index < -0.39 is 12.0 Å². The van der Waals surface area contributed by atoms with E-state index in [1.807, 2.05) is 6.92 Å². The van der Waals surface area contributed by atoms with Crippen LogP contribution in [0.25, 0.3) is 0 Å². The van der Waals surface area contributed by atoms with Crippen LogP contribution in [0.3, 0.4) is 0 Å². The lowest BCUT2D eigenvalue weighted by Gasteiger charge is -2.24. The van der Waals surface area contributed by atoms with Crippen LogP contribution in [0.2, 0.25) is 0 Å². The van der Waals surface area contributed by atoms with Crippen molar-refractivity contribution in [3.63, 3.8) is 0 Å². The van der Waals surface area contributed by atoms with Gasteiger partial charge in [0.1, 0.15) is 0 Å². The standard InChI is InChI=1S/C9H16N2O2S/c1-5-3-7(12)4-11(5)9(13)6(2)8(10)14/h5-7,12H,3-4H2,1-2H3,(H2,10,14). The Hall–Kier alpha value is -0.680. The van der Waals surface area contributed by atoms with Crippen molar-refractivity contribution in [3.8, 4) is 0 Å². The lowest BCUT2D eigenvalue weighted by atomic mass is 10.1. The van der Waals surface area contributed by atoms with Crippen LogP contribution in [0, 0.1) is 5.92 Å². The molecule has 80 valence electrons. The molecule has 1 rings (SSSR count). The Bertz CT molecular complexity index is 257. The smallest absolute Gasteiger partial charge is 0.232 e. The molecule has 1 saturated heterocycles. The molecule has 1 aliphatic rings. The summed E-state index contributed by atoms with van der Waals surface area (Å²) in [6.45, 7) is 4.01. The average molecular weight is 216 g/mol. The zero-order valence-electron chi connectivity index (χ0n) is 8.43. The number of β-amino-alcohol motifs (C(OH)–C–C–N with tert-alkyl or cyclic N) is 1. The number of aliphatic hydroxyl groups is 1. The van der Waals surface area contributed by atoms with Crippen LogP contribution in [0.1, 0.15) is 20.3 Å². The number of nitrogens with zero attached hydrogens (tertiary/aromatic N) is 1. The highest BCUT2D eigenvalue weighted by molar-refractivity contribution is 7.80. The summed E-state index contributed by atoms with van der Waals surface area (Å²) in [5.74, 6) is -0.515. The van der Waals surface area contributed by atoms with Gasteiger partial charge in [-0.05, 0) is 20.3 Å². The Labute approximate surface area is 89.1 Å². The summed E-state index contributed by atoms with van der Waals surface area (Å²) in [5.41, 5.74) is 5.41. The first kappa shape index (κ1) is 11.4. The molecule has 14 heavy (non-hydrogen) atoms. The maximum absolute atomic E-state index is 11.8. The number of thiocarbonyl (C=S) groups is 1. The van der Waals surface area contributed by atoms with E-state index in [9.17, 15) is 9.90 Å². The highest BCUT2D eigenvalue weighted by Crippen LogP contribution is 2.19. The third-order valence-corrected chi connectivity index (χ3v) is 2.99. The van der Waals surface area contributed by atoms with Crippen LogP contribution in [-0.2, 0) is 4.79 Å². The Balaban J connectivity index is 2.65. The number of carbonyl (C=O) groups is 1. The minimum Gasteiger partial charge on any atom is -0.393 e. The van der Waals surface area contributed by atoms with Gasteiger partial charge in [0.05, 0.1) is 17.0 Å². The van der Waals surface area contributed by atoms with Gasteiger partial charge in [0, 0.05) is 12.6 Å². The van der Waals surface area contributed by atoms with Crippen molar-refractivity contribution in [1.82, 2.24) is 4.90 Å². The summed E-state index contributed by atoms with van der Waals surface area (Å²) in [5, 5.41) is 9.38. The maximum Gasteiger partial charge on any atom is 0.232 e. The average Bonchev–Trinajstić information content (AvgIpc) is 2.42. The fraction of sp³-hybridized carbons (Fsp3) is 0.778. The van der Waals surface area contributed by atoms with Crippen LogP contribution < -0.4 is 5.73 Å². The molecule has 0 radical (unpaired) electrons. The third kappa shape index (κ3) is 2.22. The molecule has 0 aliphatic carbocycles. The SMILES string of the molecule is CC(C(=O)N1CC(O)CC1C)C(N)=S. The van der Waals surface area contributed by atoms with Crippen molar-refractivity contribution in [3.05, 3.63) is 0 Å². The van der Waals surface area contributed by atoms with Crippen LogP contribution in [-0.4, -0.2) is 39.6 Å². The summed E-state index contributed by atoms with van der Waals surface area (Å²) < 4.78 is 0. The zero-order chi connectivity index (χ0) is 10.9. The minimum absolute atomic E-state index is 0.0781. The highest BCUT2D eigenvalue weighted by Gasteiger charge is 2.33. The summed E-state index contributed by atoms with van der Waals surface area (Å²) >= 11 is 4.77. The van der Waals surface area contributed by atoms with Crippen molar-refractivity contribution in [2.75, 3.05) is 6.54 Å². The number of hydrogen-bond donors (Lipinski definition) is 2. The molecule has 1 amide bonds. The predicted octanol–water partition coefficient (Wildman–Crippen LogP) is -0.110. The van der Waals surface area contributed by atoms with Crippen LogP contribution in [0.4, 0.5) is 0 Å². The van der Waals surface area contributed by atoms with Gasteiger partial charge >= 0.3 is 0 Å². The number of nitrogens with two attached hydrogens (primary N) is 1. The lowest BCUT2D eigenvalue weighted by molar-refractivity contribution is -0.133. The van der Waals surface area contributed by atoms with E-state index in [-0.39, 0.29) is 16.9 Å². The second kappa shape index (κ2) is 4.23. The molecule has 3 N–H and O–H groups in total. The first-order chi connectivity index (χ1) is 6.43. The first-order valence-electron chi connectivity index (χ1n) is 4.71. The van der Waals surface area contributed by atoms with Crippen LogP contribution in [0.5, 0.6) is 0 Å². The molecule has 0 saturated carbocycles. The van der Waals surface area contributed by atoms with Gasteiger partial charge < -0.3 is 15.7 Å². The Morgan fingerprint density at radius 1 is 1.71 bits per heavy atom. The van der Waals surface area contributed by atoms with Crippen molar-refractivity contribution >= 4 is 23.1 Å². The molecule has 1 heterocycles. The molecule has 3 unspecified atom stereocenters. The quantitative estimate of drug-likeness (QED) is 0.632. The molecule has 0 aromatic heterocycles. The molecule has 0 bridgehead atoms. The summed E-state index contributed by atoms with van der Waals surface area (Å²) in [6, 6.07) is 0.0781. The molecular weight excluding hydrogens is 200 g/mol. The van der Waals surface area contributed by atoms with Gasteiger partial charge in [-0.2, -0.15) is 0 Å². The van der Waals surface area contributed by atoms with E-state index in [4.69, 9.17) is 18.0 Å². The number of likely N-dealkylation sites (tertiary alicyclic amines) is 1. The Kier molecular flexibility index (Phi) is 3.44. The van der Waals surface area contributed by atoms with Gasteiger partial charge in [-0.25, -0.2) is 0 Å². The largest absolute Gasteiger partial charge is 0.393 e. The molecule has 1 fully saturated rings. The van der Waals surface area contributed by atoms with Crippen molar-refractivity contribution < 1.29 is 9.90 Å². The molecule has 0 aromatic rings. The zero-order valence-corrected chi connectivity index (χ0v) is 9.25. The second-order valence-corrected chi connectivity index (χ2v) is 4.32. The molecule has 4 nitrogen and oxygen atoms in total. The van der Waals surface area contributed by atoms with Gasteiger partial charge in [0.15, 0.2) is 0 Å². The van der Waals surface area contributed by atoms with Gasteiger partial charge in [0.25, 0.3) is 0 Å². The number of rotatable bonds is 2. The predicted molar refractivity (Wildman–Crippen MR) is 57.7 cm³/mol. The summed E-state index contributed by atoms with van der Waals surface area (Å²) in [6.07, 6.45) is 0.225. The summed E-state index contributed by atoms with van der Waals surface area (Å²) in [7, 11) is 0. The summed E-state index contributed by atoms with van der Waals surface area (Å²) in [4.78, 5) is 13.6. The molecule has 5 heteroatoms. The van der Waals surface area contributed by atoms with Crippen molar-refractivity contribution in [2.24, 2.45) is 11.7 Å². The fourth-order valence-electron chi connectivity index (χ4n) is 1.68. The highest BCUT2D eigenvalue weighted by atomic mass is 32.1. The monoisotopic (exact) mass is 216 g/mol. The first-order valence-corrected chi connectivity index (χ1v) is 5.12. The number of carbonyl (C=O) groups excluding carboxylic acids is 1. The van der Waals surface area contributed by atoms with Gasteiger partial charge in [-0.1, -0.05) is 12.2 Å². The van der Waals surface area contributed by atoms with E-state index in [1.54, 1.807) is 11.8 Å². The molecule has 1 aliphatic heterocycles. The number of aliphatic hydroxyl groups excluding tert-OH is 1. The van der Waals surface area contributed by atoms with Gasteiger partial charge in [-0.3, -0.25) is 4.79 Å². The van der Waals surface area contributed by atoms with Gasteiger partial charge in [-0.15, -0.1) is 0 Å². The van der Waals surface area contributed by atoms with E-state index in [0.29, 0.717) is 13.0 Å².